The molecule has 0 bridgehead atoms. The average molecular weight is 850 g/mol. The number of carboxylic acid groups (broad SMARTS) is 2. The molecule has 0 radical (unpaired) electrons. The van der Waals surface area contributed by atoms with Crippen molar-refractivity contribution in [3.8, 4) is 5.75 Å². The maximum Gasteiger partial charge on any atom is 0.326 e. The van der Waals surface area contributed by atoms with E-state index in [4.69, 9.17) is 22.9 Å². The van der Waals surface area contributed by atoms with E-state index in [1.165, 1.54) is 24.3 Å². The number of nitrogens with one attached hydrogen (secondary N) is 6. The molecule has 23 nitrogen and oxygen atoms in total. The first kappa shape index (κ1) is 51.5. The van der Waals surface area contributed by atoms with Crippen LogP contribution in [0.1, 0.15) is 71.8 Å². The molecular formula is C37H59N11O12. The van der Waals surface area contributed by atoms with Crippen molar-refractivity contribution < 1.29 is 58.5 Å². The second-order valence-corrected chi connectivity index (χ2v) is 14.2. The van der Waals surface area contributed by atoms with Gasteiger partial charge in [-0.25, -0.2) is 4.79 Å². The van der Waals surface area contributed by atoms with Gasteiger partial charge in [0.15, 0.2) is 5.96 Å². The number of guanidine groups is 1. The molecule has 0 heterocycles. The minimum Gasteiger partial charge on any atom is -0.508 e. The summed E-state index contributed by atoms with van der Waals surface area (Å²) in [5.41, 5.74) is 22.1. The van der Waals surface area contributed by atoms with Crippen molar-refractivity contribution in [1.82, 2.24) is 31.9 Å². The molecule has 7 amide bonds. The maximum absolute atomic E-state index is 13.6. The zero-order valence-corrected chi connectivity index (χ0v) is 34.1. The van der Waals surface area contributed by atoms with Crippen molar-refractivity contribution in [1.29, 1.82) is 0 Å². The zero-order chi connectivity index (χ0) is 45.7. The smallest absolute Gasteiger partial charge is 0.326 e. The van der Waals surface area contributed by atoms with Gasteiger partial charge in [0.2, 0.25) is 41.4 Å². The first-order chi connectivity index (χ1) is 28.1. The number of hydrogen-bond donors (Lipinski definition) is 13. The Balaban J connectivity index is 3.27. The maximum atomic E-state index is 13.6. The van der Waals surface area contributed by atoms with Gasteiger partial charge in [-0.1, -0.05) is 52.7 Å². The summed E-state index contributed by atoms with van der Waals surface area (Å²) < 4.78 is 0. The number of phenols is 1. The van der Waals surface area contributed by atoms with Crippen molar-refractivity contribution in [3.63, 3.8) is 0 Å². The van der Waals surface area contributed by atoms with Gasteiger partial charge in [-0.3, -0.25) is 43.3 Å². The Labute approximate surface area is 346 Å². The zero-order valence-electron chi connectivity index (χ0n) is 34.1. The topological polar surface area (TPSA) is 403 Å². The minimum absolute atomic E-state index is 0.0247. The number of aromatic hydroxyl groups is 1. The van der Waals surface area contributed by atoms with E-state index in [0.29, 0.717) is 18.4 Å². The molecule has 0 spiro atoms. The minimum atomic E-state index is -1.79. The highest BCUT2D eigenvalue weighted by Gasteiger charge is 2.34. The molecule has 17 N–H and O–H groups in total. The van der Waals surface area contributed by atoms with Crippen LogP contribution < -0.4 is 54.8 Å². The van der Waals surface area contributed by atoms with Gasteiger partial charge in [0.1, 0.15) is 36.0 Å². The highest BCUT2D eigenvalue weighted by Crippen LogP contribution is 2.14. The van der Waals surface area contributed by atoms with E-state index in [-0.39, 0.29) is 37.5 Å². The number of nitrogens with zero attached hydrogens (tertiary/aromatic N) is 1. The summed E-state index contributed by atoms with van der Waals surface area (Å²) in [6, 6.07) is -2.92. The predicted octanol–water partition coefficient (Wildman–Crippen LogP) is -3.62. The normalized spacial score (nSPS) is 14.8. The monoisotopic (exact) mass is 849 g/mol. The highest BCUT2D eigenvalue weighted by molar-refractivity contribution is 5.97. The molecule has 1 rings (SSSR count). The fourth-order valence-electron chi connectivity index (χ4n) is 5.51. The molecule has 0 aliphatic heterocycles. The Hall–Kier alpha value is -6.52. The molecule has 60 heavy (non-hydrogen) atoms. The van der Waals surface area contributed by atoms with E-state index in [0.717, 1.165) is 0 Å². The van der Waals surface area contributed by atoms with E-state index in [1.807, 2.05) is 0 Å². The lowest BCUT2D eigenvalue weighted by atomic mass is 9.96. The van der Waals surface area contributed by atoms with Gasteiger partial charge in [-0.05, 0) is 42.4 Å². The average Bonchev–Trinajstić information content (AvgIpc) is 3.17. The Kier molecular flexibility index (Phi) is 22.1. The molecule has 1 aromatic rings. The van der Waals surface area contributed by atoms with Gasteiger partial charge in [-0.2, -0.15) is 0 Å². The molecule has 1 aromatic carbocycles. The second kappa shape index (κ2) is 25.8. The van der Waals surface area contributed by atoms with E-state index in [9.17, 15) is 58.5 Å². The van der Waals surface area contributed by atoms with Gasteiger partial charge in [-0.15, -0.1) is 0 Å². The SMILES string of the molecule is CC[C@H](C)[C@H](NC(=O)[C@H](CCCN=C(N)N)NC(=O)[C@H](CC(=O)O)NC(=O)CNC(=O)[C@H](Cc1ccc(O)cc1)NC(=O)[C@@H](NC(=O)[C@@H](N)CC(N)=O)[C@@H](C)CC)C(=O)O. The molecule has 0 aromatic heterocycles. The van der Waals surface area contributed by atoms with Crippen LogP contribution in [0.2, 0.25) is 0 Å². The molecule has 8 atom stereocenters. The number of carbonyl (C=O) groups is 9. The lowest BCUT2D eigenvalue weighted by Gasteiger charge is -2.27. The predicted molar refractivity (Wildman–Crippen MR) is 215 cm³/mol. The van der Waals surface area contributed by atoms with Gasteiger partial charge in [0, 0.05) is 13.0 Å². The summed E-state index contributed by atoms with van der Waals surface area (Å²) in [6.07, 6.45) is -0.880. The van der Waals surface area contributed by atoms with Crippen LogP contribution >= 0.6 is 0 Å². The van der Waals surface area contributed by atoms with Crippen LogP contribution in [0.4, 0.5) is 0 Å². The molecular weight excluding hydrogens is 790 g/mol. The molecule has 334 valence electrons. The number of aliphatic carboxylic acids is 2. The van der Waals surface area contributed by atoms with Gasteiger partial charge in [0.25, 0.3) is 0 Å². The third kappa shape index (κ3) is 18.8. The summed E-state index contributed by atoms with van der Waals surface area (Å²) in [5, 5.41) is 43.3. The van der Waals surface area contributed by atoms with Crippen molar-refractivity contribution in [2.45, 2.75) is 109 Å². The van der Waals surface area contributed by atoms with Gasteiger partial charge < -0.3 is 70.2 Å². The van der Waals surface area contributed by atoms with Crippen molar-refractivity contribution in [2.75, 3.05) is 13.1 Å². The van der Waals surface area contributed by atoms with Crippen molar-refractivity contribution >= 4 is 59.2 Å². The van der Waals surface area contributed by atoms with E-state index >= 15 is 0 Å². The first-order valence-corrected chi connectivity index (χ1v) is 19.2. The van der Waals surface area contributed by atoms with Crippen LogP contribution in [-0.2, 0) is 49.6 Å². The fraction of sp³-hybridized carbons (Fsp3) is 0.568. The summed E-state index contributed by atoms with van der Waals surface area (Å²) in [6.45, 7) is 5.89. The van der Waals surface area contributed by atoms with Crippen molar-refractivity contribution in [2.24, 2.45) is 39.8 Å². The molecule has 0 saturated heterocycles. The van der Waals surface area contributed by atoms with Crippen LogP contribution in [0.25, 0.3) is 0 Å². The Morgan fingerprint density at radius 2 is 1.23 bits per heavy atom. The van der Waals surface area contributed by atoms with Crippen LogP contribution in [0.15, 0.2) is 29.3 Å². The summed E-state index contributed by atoms with van der Waals surface area (Å²) in [7, 11) is 0. The van der Waals surface area contributed by atoms with Crippen LogP contribution in [-0.4, -0.2) is 124 Å². The molecule has 0 unspecified atom stereocenters. The van der Waals surface area contributed by atoms with Gasteiger partial charge in [0.05, 0.1) is 25.4 Å². The third-order valence-corrected chi connectivity index (χ3v) is 9.37. The summed E-state index contributed by atoms with van der Waals surface area (Å²) >= 11 is 0. The number of amides is 7. The highest BCUT2D eigenvalue weighted by atomic mass is 16.4. The largest absolute Gasteiger partial charge is 0.508 e. The lowest BCUT2D eigenvalue weighted by Crippen LogP contribution is -2.59. The van der Waals surface area contributed by atoms with Crippen LogP contribution in [0, 0.1) is 11.8 Å². The third-order valence-electron chi connectivity index (χ3n) is 9.37. The number of hydrogen-bond acceptors (Lipinski definition) is 12. The quantitative estimate of drug-likeness (QED) is 0.0231. The molecule has 0 saturated carbocycles. The van der Waals surface area contributed by atoms with Gasteiger partial charge >= 0.3 is 11.9 Å². The fourth-order valence-corrected chi connectivity index (χ4v) is 5.51. The second-order valence-electron chi connectivity index (χ2n) is 14.2. The number of rotatable bonds is 27. The first-order valence-electron chi connectivity index (χ1n) is 19.2. The Morgan fingerprint density at radius 1 is 0.683 bits per heavy atom. The van der Waals surface area contributed by atoms with E-state index in [2.05, 4.69) is 36.9 Å². The molecule has 23 heteroatoms. The molecule has 0 fully saturated rings. The number of phenolic OH excluding ortho intramolecular Hbond substituents is 1. The standard InChI is InChI=1S/C37H59N11O12/c1-5-18(3)29(47-31(54)22(38)15-26(39)50)35(58)46-24(14-20-9-11-21(49)12-10-20)32(55)43-17-27(51)44-25(16-28(52)53)34(57)45-23(8-7-13-42-37(40)41)33(56)48-30(36(59)60)19(4)6-2/h9-12,18-19,22-25,29-30,49H,5-8,13-17,38H2,1-4H3,(H2,39,50)(H,43,55)(H,44,51)(H,45,57)(H,46,58)(H,47,54)(H,48,56)(H,52,53)(H,59,60)(H4,40,41,42)/t18-,19-,22-,23-,24-,25-,29-,30-/m0/s1. The summed E-state index contributed by atoms with van der Waals surface area (Å²) in [4.78, 5) is 118. The Morgan fingerprint density at radius 3 is 1.77 bits per heavy atom. The van der Waals surface area contributed by atoms with E-state index < -0.39 is 121 Å². The number of primary amides is 1. The van der Waals surface area contributed by atoms with Crippen LogP contribution in [0.5, 0.6) is 5.75 Å². The molecule has 0 aliphatic rings. The number of aliphatic imine (C=N–C) groups is 1. The number of benzene rings is 1. The number of carboxylic acids is 2. The molecule has 0 aliphatic carbocycles. The van der Waals surface area contributed by atoms with Crippen molar-refractivity contribution in [3.05, 3.63) is 29.8 Å². The number of carbonyl (C=O) groups excluding carboxylic acids is 7. The summed E-state index contributed by atoms with van der Waals surface area (Å²) in [5.74, 6) is -10.7. The van der Waals surface area contributed by atoms with Crippen LogP contribution in [0.3, 0.4) is 0 Å². The lowest BCUT2D eigenvalue weighted by molar-refractivity contribution is -0.144. The number of nitrogens with two attached hydrogens (primary N) is 4. The Bertz CT molecular complexity index is 1700. The van der Waals surface area contributed by atoms with E-state index in [1.54, 1.807) is 27.7 Å².